The average Bonchev–Trinajstić information content (AvgIpc) is 2.35. The number of rotatable bonds is 8. The van der Waals surface area contributed by atoms with E-state index in [2.05, 4.69) is 275 Å². The Balaban J connectivity index is 1.21. The van der Waals surface area contributed by atoms with Crippen molar-refractivity contribution in [1.82, 2.24) is 0 Å². The molecule has 0 aromatic heterocycles. The predicted molar refractivity (Wildman–Crippen MR) is 344 cm³/mol. The lowest BCUT2D eigenvalue weighted by atomic mass is 9.33. The molecule has 9 aromatic rings. The van der Waals surface area contributed by atoms with Crippen molar-refractivity contribution in [2.24, 2.45) is 0 Å². The summed E-state index contributed by atoms with van der Waals surface area (Å²) >= 11 is 0. The standard InChI is InChI=1S/C77H79BN2/c1-50-42-68-70-69(43-50)80(71-58(51-26-18-14-19-27-51)44-56(45-59(71)52-28-20-15-21-29-52)77(12,13)54-32-24-17-25-33-54)66-37-34-55(76(10,11)53-30-22-16-23-31-53)46-64(66)78(70)65-48-62-63(75(8,9)41-40-74(62,6)7)49-67(65)79(68)57-35-36-60-61(47-57)73(4,5)39-38-72(60,2)3/h14-37,42-49H,38-41H2,1-13H3/i1D3. The summed E-state index contributed by atoms with van der Waals surface area (Å²) in [6, 6.07) is 72.1. The highest BCUT2D eigenvalue weighted by Gasteiger charge is 2.48. The third-order valence-corrected chi connectivity index (χ3v) is 20.1. The molecular formula is C77H79BN2. The van der Waals surface area contributed by atoms with Crippen LogP contribution in [-0.2, 0) is 32.5 Å². The van der Waals surface area contributed by atoms with Crippen LogP contribution in [0.25, 0.3) is 22.3 Å². The highest BCUT2D eigenvalue weighted by atomic mass is 15.2. The molecule has 0 amide bonds. The summed E-state index contributed by atoms with van der Waals surface area (Å²) in [5, 5.41) is 0. The largest absolute Gasteiger partial charge is 0.311 e. The van der Waals surface area contributed by atoms with Crippen LogP contribution in [0.5, 0.6) is 0 Å². The molecule has 80 heavy (non-hydrogen) atoms. The van der Waals surface area contributed by atoms with Gasteiger partial charge in [0.05, 0.1) is 5.69 Å². The van der Waals surface area contributed by atoms with Crippen molar-refractivity contribution in [3.05, 3.63) is 244 Å². The summed E-state index contributed by atoms with van der Waals surface area (Å²) in [7, 11) is 0. The molecule has 0 fully saturated rings. The normalized spacial score (nSPS) is 17.9. The van der Waals surface area contributed by atoms with Gasteiger partial charge >= 0.3 is 0 Å². The zero-order chi connectivity index (χ0) is 58.4. The van der Waals surface area contributed by atoms with E-state index in [1.807, 2.05) is 12.1 Å². The third-order valence-electron chi connectivity index (χ3n) is 20.1. The molecule has 4 aliphatic rings. The SMILES string of the molecule is [2H]C([2H])([2H])c1cc2c3c(c1)N(c1c(-c4ccccc4)cc(C(C)(C)c4ccccc4)cc1-c1ccccc1)c1ccc(C(C)(C)c4ccccc4)cc1B3c1cc3c(cc1N2c1ccc2c(c1)C(C)(C)CCC2(C)C)C(C)(C)CCC3(C)C. The predicted octanol–water partition coefficient (Wildman–Crippen LogP) is 18.8. The molecule has 9 aromatic carbocycles. The second-order valence-corrected chi connectivity index (χ2v) is 27.7. The average molecular weight is 1050 g/mol. The van der Waals surface area contributed by atoms with E-state index in [-0.39, 0.29) is 39.2 Å². The maximum Gasteiger partial charge on any atom is 0.252 e. The van der Waals surface area contributed by atoms with Crippen molar-refractivity contribution < 1.29 is 4.11 Å². The fourth-order valence-corrected chi connectivity index (χ4v) is 14.6. The van der Waals surface area contributed by atoms with E-state index in [1.54, 1.807) is 0 Å². The third kappa shape index (κ3) is 8.18. The monoisotopic (exact) mass is 1050 g/mol. The number of nitrogens with zero attached hydrogens (tertiary/aromatic N) is 2. The summed E-state index contributed by atoms with van der Waals surface area (Å²) in [6.07, 6.45) is 4.36. The highest BCUT2D eigenvalue weighted by molar-refractivity contribution is 7.00. The maximum atomic E-state index is 9.51. The lowest BCUT2D eigenvalue weighted by Gasteiger charge is -2.48. The molecule has 2 aliphatic carbocycles. The second kappa shape index (κ2) is 18.3. The van der Waals surface area contributed by atoms with Crippen LogP contribution in [-0.4, -0.2) is 6.71 Å². The quantitative estimate of drug-likeness (QED) is 0.140. The van der Waals surface area contributed by atoms with Crippen LogP contribution in [0, 0.1) is 6.85 Å². The summed E-state index contributed by atoms with van der Waals surface area (Å²) < 4.78 is 28.5. The number of hydrogen-bond acceptors (Lipinski definition) is 2. The van der Waals surface area contributed by atoms with Crippen LogP contribution in [0.3, 0.4) is 0 Å². The smallest absolute Gasteiger partial charge is 0.252 e. The van der Waals surface area contributed by atoms with Gasteiger partial charge in [-0.2, -0.15) is 0 Å². The zero-order valence-corrected chi connectivity index (χ0v) is 49.3. The van der Waals surface area contributed by atoms with Crippen LogP contribution in [0.15, 0.2) is 194 Å². The van der Waals surface area contributed by atoms with Gasteiger partial charge in [-0.05, 0) is 180 Å². The minimum atomic E-state index is -2.44. The van der Waals surface area contributed by atoms with Gasteiger partial charge in [0.1, 0.15) is 0 Å². The number of hydrogen-bond donors (Lipinski definition) is 0. The van der Waals surface area contributed by atoms with E-state index in [9.17, 15) is 4.11 Å². The molecule has 0 N–H and O–H groups in total. The van der Waals surface area contributed by atoms with Crippen molar-refractivity contribution in [3.63, 3.8) is 0 Å². The van der Waals surface area contributed by atoms with Crippen molar-refractivity contribution in [2.45, 2.75) is 148 Å². The Morgan fingerprint density at radius 1 is 0.388 bits per heavy atom. The number of benzene rings is 9. The maximum absolute atomic E-state index is 9.51. The van der Waals surface area contributed by atoms with Gasteiger partial charge in [-0.25, -0.2) is 0 Å². The van der Waals surface area contributed by atoms with Crippen LogP contribution >= 0.6 is 0 Å². The number of anilines is 6. The molecule has 2 nitrogen and oxygen atoms in total. The van der Waals surface area contributed by atoms with Crippen molar-refractivity contribution >= 4 is 57.2 Å². The van der Waals surface area contributed by atoms with Gasteiger partial charge in [-0.1, -0.05) is 229 Å². The highest BCUT2D eigenvalue weighted by Crippen LogP contribution is 2.55. The van der Waals surface area contributed by atoms with Gasteiger partial charge in [-0.3, -0.25) is 0 Å². The van der Waals surface area contributed by atoms with Gasteiger partial charge in [0, 0.05) is 54.5 Å². The van der Waals surface area contributed by atoms with E-state index in [0.717, 1.165) is 87.5 Å². The summed E-state index contributed by atoms with van der Waals surface area (Å²) in [6.45, 7) is 26.0. The van der Waals surface area contributed by atoms with E-state index in [0.29, 0.717) is 5.56 Å². The Bertz CT molecular complexity index is 3960. The van der Waals surface area contributed by atoms with Gasteiger partial charge in [0.2, 0.25) is 0 Å². The van der Waals surface area contributed by atoms with Crippen molar-refractivity contribution in [2.75, 3.05) is 9.80 Å². The van der Waals surface area contributed by atoms with Crippen LogP contribution < -0.4 is 26.2 Å². The van der Waals surface area contributed by atoms with E-state index in [4.69, 9.17) is 0 Å². The zero-order valence-electron chi connectivity index (χ0n) is 52.3. The molecule has 0 radical (unpaired) electrons. The molecule has 0 spiro atoms. The molecule has 400 valence electrons. The van der Waals surface area contributed by atoms with Gasteiger partial charge in [0.15, 0.2) is 0 Å². The molecule has 2 aliphatic heterocycles. The summed E-state index contributed by atoms with van der Waals surface area (Å²) in [5.41, 5.74) is 23.7. The topological polar surface area (TPSA) is 6.48 Å². The molecule has 13 rings (SSSR count). The fraction of sp³-hybridized carbons (Fsp3) is 0.299. The van der Waals surface area contributed by atoms with Gasteiger partial charge in [0.25, 0.3) is 6.71 Å². The van der Waals surface area contributed by atoms with Crippen molar-refractivity contribution in [3.8, 4) is 22.3 Å². The summed E-state index contributed by atoms with van der Waals surface area (Å²) in [5.74, 6) is 0. The number of aryl methyl sites for hydroxylation is 1. The second-order valence-electron chi connectivity index (χ2n) is 27.7. The van der Waals surface area contributed by atoms with Crippen LogP contribution in [0.1, 0.15) is 163 Å². The Morgan fingerprint density at radius 3 is 1.36 bits per heavy atom. The molecule has 0 saturated carbocycles. The van der Waals surface area contributed by atoms with Crippen molar-refractivity contribution in [1.29, 1.82) is 0 Å². The Labute approximate surface area is 483 Å². The minimum absolute atomic E-state index is 0.0114. The Morgan fingerprint density at radius 2 is 0.838 bits per heavy atom. The van der Waals surface area contributed by atoms with E-state index in [1.165, 1.54) is 55.4 Å². The molecule has 0 atom stereocenters. The summed E-state index contributed by atoms with van der Waals surface area (Å²) in [4.78, 5) is 4.99. The molecule has 3 heteroatoms. The first-order chi connectivity index (χ1) is 39.3. The van der Waals surface area contributed by atoms with Crippen LogP contribution in [0.4, 0.5) is 34.1 Å². The van der Waals surface area contributed by atoms with E-state index >= 15 is 0 Å². The Kier molecular flexibility index (Phi) is 11.1. The van der Waals surface area contributed by atoms with Crippen LogP contribution in [0.2, 0.25) is 0 Å². The van der Waals surface area contributed by atoms with Gasteiger partial charge < -0.3 is 9.80 Å². The fourth-order valence-electron chi connectivity index (χ4n) is 14.6. The molecule has 0 bridgehead atoms. The minimum Gasteiger partial charge on any atom is -0.311 e. The molecule has 0 unspecified atom stereocenters. The molecule has 0 saturated heterocycles. The first-order valence-electron chi connectivity index (χ1n) is 31.0. The molecule has 2 heterocycles. The van der Waals surface area contributed by atoms with Gasteiger partial charge in [-0.15, -0.1) is 0 Å². The first-order valence-corrected chi connectivity index (χ1v) is 29.5. The van der Waals surface area contributed by atoms with E-state index < -0.39 is 6.85 Å². The molecular weight excluding hydrogens is 964 g/mol. The number of fused-ring (bicyclic) bond motifs is 6. The lowest BCUT2D eigenvalue weighted by Crippen LogP contribution is -2.62. The Hall–Kier alpha value is -7.36. The lowest BCUT2D eigenvalue weighted by molar-refractivity contribution is 0.332. The first kappa shape index (κ1) is 48.5.